The molecule has 0 spiro atoms. The van der Waals surface area contributed by atoms with Crippen molar-refractivity contribution < 1.29 is 4.74 Å². The second-order valence-corrected chi connectivity index (χ2v) is 3.10. The zero-order chi connectivity index (χ0) is 7.84. The number of rotatable bonds is 0. The summed E-state index contributed by atoms with van der Waals surface area (Å²) in [5.41, 5.74) is 1.05. The van der Waals surface area contributed by atoms with E-state index in [1.165, 1.54) is 0 Å². The smallest absolute Gasteiger partial charge is 0.167 e. The van der Waals surface area contributed by atoms with E-state index in [9.17, 15) is 0 Å². The Kier molecular flexibility index (Phi) is 1.46. The molecule has 2 nitrogen and oxygen atoms in total. The molecule has 1 aromatic rings. The van der Waals surface area contributed by atoms with Crippen molar-refractivity contribution in [1.82, 2.24) is 0 Å². The van der Waals surface area contributed by atoms with Gasteiger partial charge in [-0.1, -0.05) is 0 Å². The van der Waals surface area contributed by atoms with Crippen molar-refractivity contribution in [2.75, 3.05) is 5.32 Å². The minimum Gasteiger partial charge on any atom is -0.469 e. The minimum absolute atomic E-state index is 0.0835. The molecule has 0 radical (unpaired) electrons. The lowest BCUT2D eigenvalue weighted by Gasteiger charge is -2.01. The molecule has 1 N–H and O–H groups in total. The quantitative estimate of drug-likeness (QED) is 0.577. The van der Waals surface area contributed by atoms with Crippen LogP contribution in [0.2, 0.25) is 0 Å². The molecule has 1 heterocycles. The van der Waals surface area contributed by atoms with Crippen molar-refractivity contribution in [1.29, 1.82) is 0 Å². The number of ether oxygens (including phenoxy) is 1. The summed E-state index contributed by atoms with van der Waals surface area (Å²) in [6.45, 7) is 1.97. The predicted octanol–water partition coefficient (Wildman–Crippen LogP) is 2.13. The van der Waals surface area contributed by atoms with Crippen LogP contribution in [0.3, 0.4) is 0 Å². The number of benzene rings is 1. The fourth-order valence-electron chi connectivity index (χ4n) is 1.17. The van der Waals surface area contributed by atoms with Crippen LogP contribution < -0.4 is 10.1 Å². The second kappa shape index (κ2) is 2.34. The maximum atomic E-state index is 5.43. The van der Waals surface area contributed by atoms with E-state index in [-0.39, 0.29) is 6.23 Å². The fraction of sp³-hybridized carbons (Fsp3) is 0.250. The van der Waals surface area contributed by atoms with Crippen LogP contribution in [0.25, 0.3) is 0 Å². The highest BCUT2D eigenvalue weighted by atomic mass is 32.1. The number of fused-ring (bicyclic) bond motifs is 1. The lowest BCUT2D eigenvalue weighted by molar-refractivity contribution is 0.274. The normalized spacial score (nSPS) is 20.4. The Balaban J connectivity index is 2.43. The van der Waals surface area contributed by atoms with Crippen LogP contribution in [0.15, 0.2) is 23.1 Å². The summed E-state index contributed by atoms with van der Waals surface area (Å²) < 4.78 is 5.43. The molecule has 11 heavy (non-hydrogen) atoms. The van der Waals surface area contributed by atoms with E-state index < -0.39 is 0 Å². The molecule has 0 bridgehead atoms. The Morgan fingerprint density at radius 2 is 2.36 bits per heavy atom. The van der Waals surface area contributed by atoms with Gasteiger partial charge >= 0.3 is 0 Å². The van der Waals surface area contributed by atoms with Crippen molar-refractivity contribution in [3.8, 4) is 5.75 Å². The van der Waals surface area contributed by atoms with Gasteiger partial charge < -0.3 is 10.1 Å². The topological polar surface area (TPSA) is 21.3 Å². The molecule has 1 aromatic carbocycles. The van der Waals surface area contributed by atoms with E-state index in [1.54, 1.807) is 0 Å². The van der Waals surface area contributed by atoms with Gasteiger partial charge in [-0.2, -0.15) is 0 Å². The first-order valence-corrected chi connectivity index (χ1v) is 3.96. The molecule has 58 valence electrons. The van der Waals surface area contributed by atoms with E-state index in [4.69, 9.17) is 4.74 Å². The van der Waals surface area contributed by atoms with Crippen molar-refractivity contribution in [3.63, 3.8) is 0 Å². The third kappa shape index (κ3) is 1.16. The van der Waals surface area contributed by atoms with E-state index in [1.807, 2.05) is 25.1 Å². The van der Waals surface area contributed by atoms with Gasteiger partial charge in [-0.05, 0) is 25.1 Å². The van der Waals surface area contributed by atoms with Gasteiger partial charge in [-0.25, -0.2) is 0 Å². The molecule has 1 unspecified atom stereocenters. The monoisotopic (exact) mass is 167 g/mol. The third-order valence-corrected chi connectivity index (χ3v) is 1.91. The number of anilines is 1. The van der Waals surface area contributed by atoms with Crippen molar-refractivity contribution >= 4 is 18.3 Å². The van der Waals surface area contributed by atoms with Gasteiger partial charge in [0, 0.05) is 4.90 Å². The number of hydrogen-bond acceptors (Lipinski definition) is 3. The first kappa shape index (κ1) is 6.85. The van der Waals surface area contributed by atoms with Crippen LogP contribution >= 0.6 is 12.6 Å². The van der Waals surface area contributed by atoms with E-state index in [2.05, 4.69) is 17.9 Å². The molecule has 0 fully saturated rings. The lowest BCUT2D eigenvalue weighted by Crippen LogP contribution is -2.13. The Morgan fingerprint density at radius 3 is 3.18 bits per heavy atom. The summed E-state index contributed by atoms with van der Waals surface area (Å²) in [4.78, 5) is 0.930. The Labute approximate surface area is 71.0 Å². The lowest BCUT2D eigenvalue weighted by atomic mass is 10.3. The van der Waals surface area contributed by atoms with Crippen molar-refractivity contribution in [3.05, 3.63) is 18.2 Å². The highest BCUT2D eigenvalue weighted by molar-refractivity contribution is 7.80. The number of nitrogens with one attached hydrogen (secondary N) is 1. The van der Waals surface area contributed by atoms with Crippen molar-refractivity contribution in [2.45, 2.75) is 18.0 Å². The Hall–Kier alpha value is -0.830. The minimum atomic E-state index is 0.0835. The van der Waals surface area contributed by atoms with Gasteiger partial charge in [0.15, 0.2) is 6.23 Å². The molecule has 0 saturated carbocycles. The molecular formula is C8H9NOS. The zero-order valence-corrected chi connectivity index (χ0v) is 7.06. The number of thiol groups is 1. The first-order valence-electron chi connectivity index (χ1n) is 3.52. The molecule has 1 atom stereocenters. The highest BCUT2D eigenvalue weighted by Gasteiger charge is 2.16. The average Bonchev–Trinajstić information content (AvgIpc) is 2.27. The highest BCUT2D eigenvalue weighted by Crippen LogP contribution is 2.33. The maximum Gasteiger partial charge on any atom is 0.167 e. The van der Waals surface area contributed by atoms with Crippen molar-refractivity contribution in [2.24, 2.45) is 0 Å². The van der Waals surface area contributed by atoms with Gasteiger partial charge in [0.1, 0.15) is 5.75 Å². The molecule has 0 saturated heterocycles. The zero-order valence-electron chi connectivity index (χ0n) is 6.16. The molecule has 1 aliphatic rings. The largest absolute Gasteiger partial charge is 0.469 e. The van der Waals surface area contributed by atoms with Crippen LogP contribution in [0.1, 0.15) is 6.92 Å². The number of hydrogen-bond donors (Lipinski definition) is 2. The molecule has 0 amide bonds. The van der Waals surface area contributed by atoms with Gasteiger partial charge in [-0.15, -0.1) is 12.6 Å². The third-order valence-electron chi connectivity index (χ3n) is 1.63. The van der Waals surface area contributed by atoms with Crippen LogP contribution in [0.4, 0.5) is 5.69 Å². The molecule has 0 aromatic heterocycles. The Bertz CT molecular complexity index is 287. The first-order chi connectivity index (χ1) is 5.25. The Morgan fingerprint density at radius 1 is 1.55 bits per heavy atom. The summed E-state index contributed by atoms with van der Waals surface area (Å²) in [5, 5.41) is 3.17. The van der Waals surface area contributed by atoms with Crippen LogP contribution in [-0.4, -0.2) is 6.23 Å². The van der Waals surface area contributed by atoms with E-state index >= 15 is 0 Å². The van der Waals surface area contributed by atoms with Gasteiger partial charge in [-0.3, -0.25) is 0 Å². The standard InChI is InChI=1S/C8H9NOS/c1-5-9-7-3-2-6(11)4-8(7)10-5/h2-5,9,11H,1H3. The summed E-state index contributed by atoms with van der Waals surface area (Å²) in [7, 11) is 0. The van der Waals surface area contributed by atoms with Gasteiger partial charge in [0.25, 0.3) is 0 Å². The molecule has 1 aliphatic heterocycles. The van der Waals surface area contributed by atoms with Crippen LogP contribution in [-0.2, 0) is 0 Å². The van der Waals surface area contributed by atoms with E-state index in [0.717, 1.165) is 16.3 Å². The molecule has 0 aliphatic carbocycles. The van der Waals surface area contributed by atoms with Crippen LogP contribution in [0, 0.1) is 0 Å². The van der Waals surface area contributed by atoms with Gasteiger partial charge in [0.2, 0.25) is 0 Å². The summed E-state index contributed by atoms with van der Waals surface area (Å²) >= 11 is 4.20. The second-order valence-electron chi connectivity index (χ2n) is 2.58. The predicted molar refractivity (Wildman–Crippen MR) is 47.4 cm³/mol. The molecular weight excluding hydrogens is 158 g/mol. The maximum absolute atomic E-state index is 5.43. The molecule has 2 rings (SSSR count). The van der Waals surface area contributed by atoms with E-state index in [0.29, 0.717) is 0 Å². The molecule has 3 heteroatoms. The summed E-state index contributed by atoms with van der Waals surface area (Å²) in [6.07, 6.45) is 0.0835. The summed E-state index contributed by atoms with van der Waals surface area (Å²) in [6, 6.07) is 5.83. The average molecular weight is 167 g/mol. The fourth-order valence-corrected chi connectivity index (χ4v) is 1.36. The van der Waals surface area contributed by atoms with Crippen LogP contribution in [0.5, 0.6) is 5.75 Å². The van der Waals surface area contributed by atoms with Gasteiger partial charge in [0.05, 0.1) is 5.69 Å². The summed E-state index contributed by atoms with van der Waals surface area (Å²) in [5.74, 6) is 0.894. The SMILES string of the molecule is CC1Nc2ccc(S)cc2O1.